The lowest BCUT2D eigenvalue weighted by atomic mass is 9.80. The molecule has 2 heterocycles. The van der Waals surface area contributed by atoms with Crippen molar-refractivity contribution in [3.05, 3.63) is 100 Å². The van der Waals surface area contributed by atoms with E-state index in [0.717, 1.165) is 18.4 Å². The van der Waals surface area contributed by atoms with Crippen molar-refractivity contribution in [1.82, 2.24) is 14.7 Å². The van der Waals surface area contributed by atoms with E-state index in [2.05, 4.69) is 16.8 Å². The number of hydrogen-bond acceptors (Lipinski definition) is 6. The normalized spacial score (nSPS) is 21.4. The summed E-state index contributed by atoms with van der Waals surface area (Å²) < 4.78 is 26.0. The van der Waals surface area contributed by atoms with Crippen molar-refractivity contribution in [3.8, 4) is 0 Å². The van der Waals surface area contributed by atoms with Gasteiger partial charge in [0.15, 0.2) is 9.84 Å². The molecule has 3 aromatic carbocycles. The summed E-state index contributed by atoms with van der Waals surface area (Å²) in [5, 5.41) is 12.2. The zero-order valence-corrected chi connectivity index (χ0v) is 26.1. The summed E-state index contributed by atoms with van der Waals surface area (Å²) in [6, 6.07) is 23.3. The van der Waals surface area contributed by atoms with Crippen molar-refractivity contribution < 1.29 is 18.3 Å². The number of sulfone groups is 1. The average molecular weight is 631 g/mol. The van der Waals surface area contributed by atoms with Gasteiger partial charge < -0.3 is 10.0 Å². The summed E-state index contributed by atoms with van der Waals surface area (Å²) in [6.45, 7) is 2.83. The van der Waals surface area contributed by atoms with Crippen LogP contribution in [0.25, 0.3) is 0 Å². The summed E-state index contributed by atoms with van der Waals surface area (Å²) in [5.41, 5.74) is -0.144. The van der Waals surface area contributed by atoms with Crippen LogP contribution in [0.3, 0.4) is 0 Å². The van der Waals surface area contributed by atoms with Crippen LogP contribution in [0.4, 0.5) is 0 Å². The Balaban J connectivity index is 1.33. The Morgan fingerprint density at radius 3 is 2.19 bits per heavy atom. The standard InChI is InChI=1S/C32H37Cl2N3O4S/c1-35(24-36-19-16-31(39,17-20-36)23-42(40,41)27-11-6-3-7-12-27)32(26-13-14-28(33)29(34)21-26)15-8-18-37(22-32)30(38)25-9-4-2-5-10-25/h2-7,9-14,21,39H,8,15-20,22-24H2,1H3. The van der Waals surface area contributed by atoms with E-state index in [1.165, 1.54) is 0 Å². The number of likely N-dealkylation sites (tertiary alicyclic amines) is 2. The maximum atomic E-state index is 13.5. The molecule has 10 heteroatoms. The first-order chi connectivity index (χ1) is 20.0. The van der Waals surface area contributed by atoms with Crippen molar-refractivity contribution in [2.45, 2.75) is 41.7 Å². The lowest BCUT2D eigenvalue weighted by Crippen LogP contribution is -2.59. The Morgan fingerprint density at radius 2 is 1.55 bits per heavy atom. The molecular weight excluding hydrogens is 593 g/mol. The third kappa shape index (κ3) is 6.69. The van der Waals surface area contributed by atoms with Crippen LogP contribution in [0.2, 0.25) is 10.0 Å². The highest BCUT2D eigenvalue weighted by Crippen LogP contribution is 2.40. The third-order valence-corrected chi connectivity index (χ3v) is 11.4. The van der Waals surface area contributed by atoms with Crippen LogP contribution in [-0.4, -0.2) is 85.4 Å². The Hall–Kier alpha value is -2.46. The zero-order chi connectivity index (χ0) is 30.0. The number of nitrogens with zero attached hydrogens (tertiary/aromatic N) is 3. The first-order valence-corrected chi connectivity index (χ1v) is 16.7. The van der Waals surface area contributed by atoms with Crippen LogP contribution in [-0.2, 0) is 15.4 Å². The molecule has 0 bridgehead atoms. The van der Waals surface area contributed by atoms with Gasteiger partial charge in [-0.1, -0.05) is 65.7 Å². The second-order valence-electron chi connectivity index (χ2n) is 11.6. The molecule has 224 valence electrons. The lowest BCUT2D eigenvalue weighted by Gasteiger charge is -2.50. The first-order valence-electron chi connectivity index (χ1n) is 14.3. The van der Waals surface area contributed by atoms with E-state index in [0.29, 0.717) is 61.3 Å². The van der Waals surface area contributed by atoms with Gasteiger partial charge in [0, 0.05) is 31.7 Å². The van der Waals surface area contributed by atoms with Crippen LogP contribution < -0.4 is 0 Å². The van der Waals surface area contributed by atoms with E-state index in [-0.39, 0.29) is 16.6 Å². The van der Waals surface area contributed by atoms with Gasteiger partial charge in [-0.2, -0.15) is 0 Å². The quantitative estimate of drug-likeness (QED) is 0.363. The van der Waals surface area contributed by atoms with Crippen LogP contribution >= 0.6 is 23.2 Å². The van der Waals surface area contributed by atoms with E-state index in [4.69, 9.17) is 23.2 Å². The largest absolute Gasteiger partial charge is 0.389 e. The molecule has 3 aromatic rings. The van der Waals surface area contributed by atoms with Gasteiger partial charge in [0.05, 0.1) is 38.5 Å². The molecule has 7 nitrogen and oxygen atoms in total. The summed E-state index contributed by atoms with van der Waals surface area (Å²) in [6.07, 6.45) is 2.35. The van der Waals surface area contributed by atoms with Gasteiger partial charge in [-0.3, -0.25) is 14.6 Å². The Kier molecular flexibility index (Phi) is 9.33. The highest BCUT2D eigenvalue weighted by Gasteiger charge is 2.44. The molecule has 2 aliphatic rings. The number of amides is 1. The van der Waals surface area contributed by atoms with Gasteiger partial charge in [-0.25, -0.2) is 8.42 Å². The maximum absolute atomic E-state index is 13.5. The van der Waals surface area contributed by atoms with E-state index in [1.807, 2.05) is 47.4 Å². The van der Waals surface area contributed by atoms with Crippen molar-refractivity contribution in [2.24, 2.45) is 0 Å². The molecule has 2 fully saturated rings. The third-order valence-electron chi connectivity index (χ3n) is 8.73. The fourth-order valence-corrected chi connectivity index (χ4v) is 8.31. The van der Waals surface area contributed by atoms with Gasteiger partial charge in [0.25, 0.3) is 5.91 Å². The molecule has 0 saturated carbocycles. The topological polar surface area (TPSA) is 81.2 Å². The van der Waals surface area contributed by atoms with E-state index >= 15 is 0 Å². The molecule has 42 heavy (non-hydrogen) atoms. The summed E-state index contributed by atoms with van der Waals surface area (Å²) in [7, 11) is -1.55. The number of hydrogen-bond donors (Lipinski definition) is 1. The fraction of sp³-hybridized carbons (Fsp3) is 0.406. The van der Waals surface area contributed by atoms with Gasteiger partial charge in [0.1, 0.15) is 0 Å². The average Bonchev–Trinajstić information content (AvgIpc) is 3.00. The monoisotopic (exact) mass is 629 g/mol. The molecule has 1 atom stereocenters. The number of piperidine rings is 2. The van der Waals surface area contributed by atoms with Crippen molar-refractivity contribution >= 4 is 38.9 Å². The fourth-order valence-electron chi connectivity index (χ4n) is 6.28. The highest BCUT2D eigenvalue weighted by molar-refractivity contribution is 7.91. The van der Waals surface area contributed by atoms with Crippen LogP contribution in [0.15, 0.2) is 83.8 Å². The number of carbonyl (C=O) groups is 1. The SMILES string of the molecule is CN(CN1CCC(O)(CS(=O)(=O)c2ccccc2)CC1)C1(c2ccc(Cl)c(Cl)c2)CCCN(C(=O)c2ccccc2)C1. The predicted octanol–water partition coefficient (Wildman–Crippen LogP) is 5.32. The number of benzene rings is 3. The molecule has 5 rings (SSSR count). The molecule has 1 unspecified atom stereocenters. The van der Waals surface area contributed by atoms with Gasteiger partial charge >= 0.3 is 0 Å². The number of aliphatic hydroxyl groups is 1. The minimum Gasteiger partial charge on any atom is -0.389 e. The Bertz CT molecular complexity index is 1500. The number of halogens is 2. The number of rotatable bonds is 8. The smallest absolute Gasteiger partial charge is 0.253 e. The van der Waals surface area contributed by atoms with Crippen LogP contribution in [0, 0.1) is 0 Å². The number of carbonyl (C=O) groups excluding carboxylic acids is 1. The zero-order valence-electron chi connectivity index (χ0n) is 23.8. The Morgan fingerprint density at radius 1 is 0.905 bits per heavy atom. The molecule has 0 aromatic heterocycles. The highest BCUT2D eigenvalue weighted by atomic mass is 35.5. The minimum absolute atomic E-state index is 0.00389. The molecule has 0 aliphatic carbocycles. The van der Waals surface area contributed by atoms with Crippen molar-refractivity contribution in [2.75, 3.05) is 45.6 Å². The van der Waals surface area contributed by atoms with Gasteiger partial charge in [-0.05, 0) is 74.7 Å². The van der Waals surface area contributed by atoms with Crippen LogP contribution in [0.5, 0.6) is 0 Å². The molecule has 1 amide bonds. The van der Waals surface area contributed by atoms with Gasteiger partial charge in [0.2, 0.25) is 0 Å². The molecule has 2 aliphatic heterocycles. The van der Waals surface area contributed by atoms with Crippen molar-refractivity contribution in [3.63, 3.8) is 0 Å². The van der Waals surface area contributed by atoms with E-state index in [1.54, 1.807) is 36.4 Å². The lowest BCUT2D eigenvalue weighted by molar-refractivity contribution is -0.0434. The summed E-state index contributed by atoms with van der Waals surface area (Å²) in [4.78, 5) is 20.2. The van der Waals surface area contributed by atoms with Crippen LogP contribution in [0.1, 0.15) is 41.6 Å². The second kappa shape index (κ2) is 12.6. The molecule has 2 saturated heterocycles. The molecular formula is C32H37Cl2N3O4S. The van der Waals surface area contributed by atoms with E-state index in [9.17, 15) is 18.3 Å². The molecule has 0 spiro atoms. The molecule has 1 N–H and O–H groups in total. The second-order valence-corrected chi connectivity index (χ2v) is 14.4. The van der Waals surface area contributed by atoms with Gasteiger partial charge in [-0.15, -0.1) is 0 Å². The maximum Gasteiger partial charge on any atom is 0.253 e. The Labute approximate surface area is 258 Å². The molecule has 0 radical (unpaired) electrons. The number of likely N-dealkylation sites (N-methyl/N-ethyl adjacent to an activating group) is 1. The van der Waals surface area contributed by atoms with Crippen molar-refractivity contribution in [1.29, 1.82) is 0 Å². The predicted molar refractivity (Wildman–Crippen MR) is 167 cm³/mol. The van der Waals surface area contributed by atoms with E-state index < -0.39 is 21.0 Å². The summed E-state index contributed by atoms with van der Waals surface area (Å²) in [5.74, 6) is -0.298. The summed E-state index contributed by atoms with van der Waals surface area (Å²) >= 11 is 12.8. The first kappa shape index (κ1) is 31.0. The minimum atomic E-state index is -3.61.